The van der Waals surface area contributed by atoms with E-state index < -0.39 is 0 Å². The minimum absolute atomic E-state index is 0.512. The molecule has 5 nitrogen and oxygen atoms in total. The van der Waals surface area contributed by atoms with Crippen LogP contribution in [0.25, 0.3) is 0 Å². The van der Waals surface area contributed by atoms with Gasteiger partial charge in [0.25, 0.3) is 0 Å². The Morgan fingerprint density at radius 1 is 1.29 bits per heavy atom. The van der Waals surface area contributed by atoms with E-state index in [0.717, 1.165) is 34.8 Å². The highest BCUT2D eigenvalue weighted by molar-refractivity contribution is 7.99. The lowest BCUT2D eigenvalue weighted by molar-refractivity contribution is 0.391. The van der Waals surface area contributed by atoms with E-state index in [0.29, 0.717) is 12.6 Å². The largest absolute Gasteiger partial charge is 0.497 e. The van der Waals surface area contributed by atoms with Crippen LogP contribution < -0.4 is 20.1 Å². The van der Waals surface area contributed by atoms with Gasteiger partial charge in [-0.15, -0.1) is 0 Å². The minimum atomic E-state index is 0.512. The zero-order valence-corrected chi connectivity index (χ0v) is 15.9. The van der Waals surface area contributed by atoms with Crippen LogP contribution in [0.1, 0.15) is 31.7 Å². The van der Waals surface area contributed by atoms with Crippen molar-refractivity contribution in [3.05, 3.63) is 23.8 Å². The molecule has 0 bridgehead atoms. The number of hydrogen-bond donors (Lipinski definition) is 2. The van der Waals surface area contributed by atoms with Crippen molar-refractivity contribution in [1.29, 1.82) is 0 Å². The average Bonchev–Trinajstić information content (AvgIpc) is 3.07. The molecule has 24 heavy (non-hydrogen) atoms. The second-order valence-corrected chi connectivity index (χ2v) is 7.02. The summed E-state index contributed by atoms with van der Waals surface area (Å²) < 4.78 is 10.7. The highest BCUT2D eigenvalue weighted by atomic mass is 32.2. The maximum absolute atomic E-state index is 5.45. The lowest BCUT2D eigenvalue weighted by Crippen LogP contribution is -2.42. The van der Waals surface area contributed by atoms with Gasteiger partial charge < -0.3 is 20.1 Å². The van der Waals surface area contributed by atoms with E-state index in [1.807, 2.05) is 30.0 Å². The molecule has 1 fully saturated rings. The molecular weight excluding hydrogens is 322 g/mol. The van der Waals surface area contributed by atoms with Crippen LogP contribution in [0.3, 0.4) is 0 Å². The van der Waals surface area contributed by atoms with Crippen molar-refractivity contribution >= 4 is 17.7 Å². The van der Waals surface area contributed by atoms with E-state index in [9.17, 15) is 0 Å². The van der Waals surface area contributed by atoms with Crippen LogP contribution in [0.2, 0.25) is 0 Å². The molecule has 134 valence electrons. The van der Waals surface area contributed by atoms with Crippen molar-refractivity contribution in [2.24, 2.45) is 4.99 Å². The van der Waals surface area contributed by atoms with Gasteiger partial charge in [-0.3, -0.25) is 0 Å². The first-order valence-corrected chi connectivity index (χ1v) is 9.77. The van der Waals surface area contributed by atoms with Crippen molar-refractivity contribution in [3.8, 4) is 11.5 Å². The summed E-state index contributed by atoms with van der Waals surface area (Å²) in [5, 5.41) is 7.68. The van der Waals surface area contributed by atoms with Gasteiger partial charge in [0.15, 0.2) is 5.96 Å². The lowest BCUT2D eigenvalue weighted by Gasteiger charge is -2.17. The molecule has 1 aliphatic carbocycles. The number of benzene rings is 1. The number of hydrogen-bond acceptors (Lipinski definition) is 4. The van der Waals surface area contributed by atoms with Gasteiger partial charge in [-0.05, 0) is 44.6 Å². The van der Waals surface area contributed by atoms with Crippen LogP contribution in [-0.4, -0.2) is 44.3 Å². The number of guanidine groups is 1. The second-order valence-electron chi connectivity index (χ2n) is 5.88. The van der Waals surface area contributed by atoms with Crippen LogP contribution in [0.15, 0.2) is 23.2 Å². The van der Waals surface area contributed by atoms with Gasteiger partial charge in [0.05, 0.1) is 20.8 Å². The summed E-state index contributed by atoms with van der Waals surface area (Å²) in [5.41, 5.74) is 1.05. The van der Waals surface area contributed by atoms with E-state index in [1.54, 1.807) is 14.2 Å². The third-order valence-electron chi connectivity index (χ3n) is 4.30. The Morgan fingerprint density at radius 2 is 2.12 bits per heavy atom. The maximum atomic E-state index is 5.45. The summed E-state index contributed by atoms with van der Waals surface area (Å²) in [6, 6.07) is 6.35. The van der Waals surface area contributed by atoms with E-state index in [-0.39, 0.29) is 0 Å². The Bertz CT molecular complexity index is 551. The van der Waals surface area contributed by atoms with Crippen LogP contribution in [0.4, 0.5) is 0 Å². The molecule has 1 aliphatic rings. The van der Waals surface area contributed by atoms with Crippen LogP contribution >= 0.6 is 11.8 Å². The quantitative estimate of drug-likeness (QED) is 0.584. The smallest absolute Gasteiger partial charge is 0.191 e. The highest BCUT2D eigenvalue weighted by Gasteiger charge is 2.24. The van der Waals surface area contributed by atoms with Crippen molar-refractivity contribution in [2.45, 2.75) is 44.0 Å². The van der Waals surface area contributed by atoms with Crippen LogP contribution in [-0.2, 0) is 6.54 Å². The number of thioether (sulfide) groups is 1. The molecule has 6 heteroatoms. The molecule has 0 radical (unpaired) electrons. The van der Waals surface area contributed by atoms with Crippen molar-refractivity contribution < 1.29 is 9.47 Å². The van der Waals surface area contributed by atoms with Crippen LogP contribution in [0, 0.1) is 0 Å². The molecular formula is C18H29N3O2S. The second kappa shape index (κ2) is 9.67. The van der Waals surface area contributed by atoms with Gasteiger partial charge >= 0.3 is 0 Å². The van der Waals surface area contributed by atoms with E-state index in [2.05, 4.69) is 23.8 Å². The number of methoxy groups -OCH3 is 2. The topological polar surface area (TPSA) is 54.9 Å². The summed E-state index contributed by atoms with van der Waals surface area (Å²) in [4.78, 5) is 4.73. The highest BCUT2D eigenvalue weighted by Crippen LogP contribution is 2.28. The van der Waals surface area contributed by atoms with Crippen molar-refractivity contribution in [2.75, 3.05) is 27.0 Å². The van der Waals surface area contributed by atoms with E-state index >= 15 is 0 Å². The first kappa shape index (κ1) is 18.8. The number of rotatable bonds is 7. The minimum Gasteiger partial charge on any atom is -0.497 e. The predicted molar refractivity (Wildman–Crippen MR) is 102 cm³/mol. The summed E-state index contributed by atoms with van der Waals surface area (Å²) in [5.74, 6) is 2.47. The van der Waals surface area contributed by atoms with Gasteiger partial charge in [0.2, 0.25) is 0 Å². The number of ether oxygens (including phenoxy) is 2. The molecule has 0 aromatic heterocycles. The zero-order valence-electron chi connectivity index (χ0n) is 15.1. The van der Waals surface area contributed by atoms with Gasteiger partial charge in [-0.25, -0.2) is 4.99 Å². The first-order chi connectivity index (χ1) is 11.7. The maximum Gasteiger partial charge on any atom is 0.191 e. The van der Waals surface area contributed by atoms with Crippen molar-refractivity contribution in [3.63, 3.8) is 0 Å². The summed E-state index contributed by atoms with van der Waals surface area (Å²) in [7, 11) is 3.33. The van der Waals surface area contributed by atoms with Crippen LogP contribution in [0.5, 0.6) is 11.5 Å². The molecule has 0 saturated heterocycles. The molecule has 0 spiro atoms. The molecule has 2 atom stereocenters. The Hall–Kier alpha value is -1.56. The predicted octanol–water partition coefficient (Wildman–Crippen LogP) is 3.04. The van der Waals surface area contributed by atoms with E-state index in [1.165, 1.54) is 19.3 Å². The number of nitrogens with one attached hydrogen (secondary N) is 2. The van der Waals surface area contributed by atoms with Crippen molar-refractivity contribution in [1.82, 2.24) is 10.6 Å². The fourth-order valence-corrected chi connectivity index (χ4v) is 3.74. The molecule has 2 N–H and O–H groups in total. The van der Waals surface area contributed by atoms with Gasteiger partial charge in [-0.2, -0.15) is 11.8 Å². The van der Waals surface area contributed by atoms with Gasteiger partial charge in [-0.1, -0.05) is 0 Å². The summed E-state index contributed by atoms with van der Waals surface area (Å²) in [6.45, 7) is 3.51. The Morgan fingerprint density at radius 3 is 2.75 bits per heavy atom. The SMILES string of the molecule is CCNC(=NCc1ccc(OC)cc1OC)NC1CCC(SC)C1. The molecule has 1 aromatic carbocycles. The Kier molecular flexibility index (Phi) is 7.56. The summed E-state index contributed by atoms with van der Waals surface area (Å²) in [6.07, 6.45) is 5.89. The van der Waals surface area contributed by atoms with Gasteiger partial charge in [0.1, 0.15) is 11.5 Å². The molecule has 2 unspecified atom stereocenters. The zero-order chi connectivity index (χ0) is 17.4. The molecule has 1 aromatic rings. The Balaban J connectivity index is 2.02. The molecule has 0 aliphatic heterocycles. The molecule has 2 rings (SSSR count). The lowest BCUT2D eigenvalue weighted by atomic mass is 10.2. The third-order valence-corrected chi connectivity index (χ3v) is 5.40. The third kappa shape index (κ3) is 5.23. The fourth-order valence-electron chi connectivity index (χ4n) is 2.95. The first-order valence-electron chi connectivity index (χ1n) is 8.48. The Labute approximate surface area is 149 Å². The normalized spacial score (nSPS) is 20.8. The molecule has 0 amide bonds. The monoisotopic (exact) mass is 351 g/mol. The molecule has 1 saturated carbocycles. The molecule has 0 heterocycles. The van der Waals surface area contributed by atoms with E-state index in [4.69, 9.17) is 14.5 Å². The number of nitrogens with zero attached hydrogens (tertiary/aromatic N) is 1. The average molecular weight is 352 g/mol. The summed E-state index contributed by atoms with van der Waals surface area (Å²) >= 11 is 1.97. The van der Waals surface area contributed by atoms with Gasteiger partial charge in [0, 0.05) is 29.5 Å². The number of aliphatic imine (C=N–C) groups is 1. The standard InChI is InChI=1S/C18H29N3O2S/c1-5-19-18(21-14-7-9-16(10-14)24-4)20-12-13-6-8-15(22-2)11-17(13)23-3/h6,8,11,14,16H,5,7,9-10,12H2,1-4H3,(H2,19,20,21). The fraction of sp³-hybridized carbons (Fsp3) is 0.611.